The summed E-state index contributed by atoms with van der Waals surface area (Å²) in [5.41, 5.74) is 0.810. The predicted octanol–water partition coefficient (Wildman–Crippen LogP) is 2.27. The summed E-state index contributed by atoms with van der Waals surface area (Å²) in [6.07, 6.45) is 2.99. The van der Waals surface area contributed by atoms with E-state index in [4.69, 9.17) is 4.52 Å². The van der Waals surface area contributed by atoms with Gasteiger partial charge in [-0.25, -0.2) is 12.7 Å². The van der Waals surface area contributed by atoms with Gasteiger partial charge in [0, 0.05) is 19.0 Å². The largest absolute Gasteiger partial charge is 0.339 e. The van der Waals surface area contributed by atoms with E-state index in [1.165, 1.54) is 0 Å². The molecule has 1 aliphatic heterocycles. The standard InChI is InChI=1S/C16H19N3O3S/c20-23(21,11-12-4-2-1-3-5-12)19-9-8-14(10-19)16-17-15(18-22-16)13-6-7-13/h1-5,13-14H,6-11H2. The van der Waals surface area contributed by atoms with Crippen LogP contribution in [0, 0.1) is 0 Å². The maximum absolute atomic E-state index is 12.6. The zero-order chi connectivity index (χ0) is 15.9. The molecule has 0 spiro atoms. The molecule has 1 unspecified atom stereocenters. The number of rotatable bonds is 5. The second kappa shape index (κ2) is 5.72. The highest BCUT2D eigenvalue weighted by atomic mass is 32.2. The van der Waals surface area contributed by atoms with E-state index in [1.54, 1.807) is 4.31 Å². The van der Waals surface area contributed by atoms with Crippen LogP contribution < -0.4 is 0 Å². The zero-order valence-electron chi connectivity index (χ0n) is 12.8. The van der Waals surface area contributed by atoms with Gasteiger partial charge >= 0.3 is 0 Å². The van der Waals surface area contributed by atoms with Gasteiger partial charge in [-0.05, 0) is 24.8 Å². The van der Waals surface area contributed by atoms with Crippen molar-refractivity contribution in [2.45, 2.75) is 36.9 Å². The van der Waals surface area contributed by atoms with Crippen molar-refractivity contribution in [3.05, 3.63) is 47.6 Å². The summed E-state index contributed by atoms with van der Waals surface area (Å²) in [6, 6.07) is 9.27. The lowest BCUT2D eigenvalue weighted by Crippen LogP contribution is -2.29. The summed E-state index contributed by atoms with van der Waals surface area (Å²) < 4.78 is 32.0. The first kappa shape index (κ1) is 14.8. The highest BCUT2D eigenvalue weighted by Gasteiger charge is 2.36. The van der Waals surface area contributed by atoms with E-state index in [0.717, 1.165) is 30.7 Å². The van der Waals surface area contributed by atoms with Crippen LogP contribution in [0.15, 0.2) is 34.9 Å². The molecule has 0 N–H and O–H groups in total. The van der Waals surface area contributed by atoms with Gasteiger partial charge in [0.15, 0.2) is 5.82 Å². The summed E-state index contributed by atoms with van der Waals surface area (Å²) in [5.74, 6) is 1.87. The Bertz CT molecular complexity index is 784. The molecule has 2 fully saturated rings. The van der Waals surface area contributed by atoms with Gasteiger partial charge in [-0.1, -0.05) is 35.5 Å². The van der Waals surface area contributed by atoms with Crippen molar-refractivity contribution in [1.82, 2.24) is 14.4 Å². The molecule has 2 aliphatic rings. The molecule has 1 aliphatic carbocycles. The first-order valence-corrected chi connectivity index (χ1v) is 9.58. The Morgan fingerprint density at radius 2 is 1.91 bits per heavy atom. The number of hydrogen-bond donors (Lipinski definition) is 0. The topological polar surface area (TPSA) is 76.3 Å². The summed E-state index contributed by atoms with van der Waals surface area (Å²) in [6.45, 7) is 0.947. The molecule has 1 saturated carbocycles. The van der Waals surface area contributed by atoms with Gasteiger partial charge in [0.25, 0.3) is 0 Å². The van der Waals surface area contributed by atoms with Crippen molar-refractivity contribution in [3.63, 3.8) is 0 Å². The van der Waals surface area contributed by atoms with E-state index in [1.807, 2.05) is 30.3 Å². The van der Waals surface area contributed by atoms with E-state index >= 15 is 0 Å². The Morgan fingerprint density at radius 1 is 1.13 bits per heavy atom. The minimum atomic E-state index is -3.31. The van der Waals surface area contributed by atoms with Crippen molar-refractivity contribution < 1.29 is 12.9 Å². The zero-order valence-corrected chi connectivity index (χ0v) is 13.6. The molecule has 0 bridgehead atoms. The smallest absolute Gasteiger partial charge is 0.231 e. The Labute approximate surface area is 135 Å². The number of nitrogens with zero attached hydrogens (tertiary/aromatic N) is 3. The second-order valence-electron chi connectivity index (χ2n) is 6.35. The third-order valence-corrected chi connectivity index (χ3v) is 6.30. The van der Waals surface area contributed by atoms with Crippen LogP contribution in [0.3, 0.4) is 0 Å². The molecule has 7 heteroatoms. The average molecular weight is 333 g/mol. The SMILES string of the molecule is O=S(=O)(Cc1ccccc1)N1CCC(c2nc(C3CC3)no2)C1. The first-order valence-electron chi connectivity index (χ1n) is 7.97. The van der Waals surface area contributed by atoms with Gasteiger partial charge in [0.2, 0.25) is 15.9 Å². The predicted molar refractivity (Wildman–Crippen MR) is 84.3 cm³/mol. The van der Waals surface area contributed by atoms with Gasteiger partial charge in [-0.2, -0.15) is 4.98 Å². The highest BCUT2D eigenvalue weighted by molar-refractivity contribution is 7.88. The molecule has 0 amide bonds. The molecule has 4 rings (SSSR count). The molecule has 1 atom stereocenters. The first-order chi connectivity index (χ1) is 11.1. The van der Waals surface area contributed by atoms with Crippen LogP contribution in [0.25, 0.3) is 0 Å². The Hall–Kier alpha value is -1.73. The van der Waals surface area contributed by atoms with E-state index in [-0.39, 0.29) is 11.7 Å². The minimum absolute atomic E-state index is 0.0144. The Morgan fingerprint density at radius 3 is 2.65 bits per heavy atom. The van der Waals surface area contributed by atoms with Crippen molar-refractivity contribution in [2.75, 3.05) is 13.1 Å². The van der Waals surface area contributed by atoms with Gasteiger partial charge in [0.1, 0.15) is 0 Å². The van der Waals surface area contributed by atoms with Crippen LogP contribution in [0.1, 0.15) is 48.4 Å². The van der Waals surface area contributed by atoms with Crippen molar-refractivity contribution in [2.24, 2.45) is 0 Å². The normalized spacial score (nSPS) is 22.5. The van der Waals surface area contributed by atoms with Crippen LogP contribution >= 0.6 is 0 Å². The van der Waals surface area contributed by atoms with Crippen LogP contribution in [0.2, 0.25) is 0 Å². The molecule has 122 valence electrons. The van der Waals surface area contributed by atoms with Crippen molar-refractivity contribution in [1.29, 1.82) is 0 Å². The lowest BCUT2D eigenvalue weighted by atomic mass is 10.1. The highest BCUT2D eigenvalue weighted by Crippen LogP contribution is 2.39. The molecular formula is C16H19N3O3S. The van der Waals surface area contributed by atoms with Crippen LogP contribution in [-0.4, -0.2) is 36.0 Å². The quantitative estimate of drug-likeness (QED) is 0.839. The van der Waals surface area contributed by atoms with E-state index in [2.05, 4.69) is 10.1 Å². The van der Waals surface area contributed by atoms with E-state index in [9.17, 15) is 8.42 Å². The van der Waals surface area contributed by atoms with Gasteiger partial charge in [-0.3, -0.25) is 0 Å². The van der Waals surface area contributed by atoms with Gasteiger partial charge < -0.3 is 4.52 Å². The minimum Gasteiger partial charge on any atom is -0.339 e. The third-order valence-electron chi connectivity index (χ3n) is 4.49. The number of benzene rings is 1. The Kier molecular flexibility index (Phi) is 3.69. The summed E-state index contributed by atoms with van der Waals surface area (Å²) in [4.78, 5) is 4.46. The van der Waals surface area contributed by atoms with Crippen molar-refractivity contribution in [3.8, 4) is 0 Å². The fraction of sp³-hybridized carbons (Fsp3) is 0.500. The molecule has 6 nitrogen and oxygen atoms in total. The van der Waals surface area contributed by atoms with E-state index in [0.29, 0.717) is 24.9 Å². The summed E-state index contributed by atoms with van der Waals surface area (Å²) in [7, 11) is -3.31. The van der Waals surface area contributed by atoms with E-state index < -0.39 is 10.0 Å². The molecule has 2 heterocycles. The molecule has 1 aromatic carbocycles. The molecular weight excluding hydrogens is 314 g/mol. The van der Waals surface area contributed by atoms with Crippen LogP contribution in [-0.2, 0) is 15.8 Å². The Balaban J connectivity index is 1.44. The summed E-state index contributed by atoms with van der Waals surface area (Å²) >= 11 is 0. The van der Waals surface area contributed by atoms with Crippen LogP contribution in [0.5, 0.6) is 0 Å². The second-order valence-corrected chi connectivity index (χ2v) is 8.32. The fourth-order valence-corrected chi connectivity index (χ4v) is 4.57. The molecule has 1 aromatic heterocycles. The lowest BCUT2D eigenvalue weighted by Gasteiger charge is -2.15. The number of hydrogen-bond acceptors (Lipinski definition) is 5. The van der Waals surface area contributed by atoms with Crippen molar-refractivity contribution >= 4 is 10.0 Å². The number of aromatic nitrogens is 2. The monoisotopic (exact) mass is 333 g/mol. The average Bonchev–Trinajstić information content (AvgIpc) is 3.07. The van der Waals surface area contributed by atoms with Gasteiger partial charge in [-0.15, -0.1) is 0 Å². The molecule has 1 saturated heterocycles. The third kappa shape index (κ3) is 3.16. The lowest BCUT2D eigenvalue weighted by molar-refractivity contribution is 0.350. The molecule has 23 heavy (non-hydrogen) atoms. The van der Waals surface area contributed by atoms with Crippen LogP contribution in [0.4, 0.5) is 0 Å². The van der Waals surface area contributed by atoms with Gasteiger partial charge in [0.05, 0.1) is 11.7 Å². The molecule has 2 aromatic rings. The fourth-order valence-electron chi connectivity index (χ4n) is 2.98. The summed E-state index contributed by atoms with van der Waals surface area (Å²) in [5, 5.41) is 4.02. The maximum Gasteiger partial charge on any atom is 0.231 e. The maximum atomic E-state index is 12.6. The molecule has 0 radical (unpaired) electrons. The number of sulfonamides is 1.